The lowest BCUT2D eigenvalue weighted by Crippen LogP contribution is -1.98. The van der Waals surface area contributed by atoms with Crippen LogP contribution in [0.5, 0.6) is 0 Å². The molecule has 2 nitrogen and oxygen atoms in total. The van der Waals surface area contributed by atoms with Crippen molar-refractivity contribution in [3.8, 4) is 16.8 Å². The van der Waals surface area contributed by atoms with E-state index in [-0.39, 0.29) is 0 Å². The van der Waals surface area contributed by atoms with E-state index < -0.39 is 0 Å². The molecule has 6 aromatic rings. The van der Waals surface area contributed by atoms with Crippen LogP contribution in [0.3, 0.4) is 0 Å². The number of hydrogen-bond donors (Lipinski definition) is 1. The van der Waals surface area contributed by atoms with Crippen molar-refractivity contribution in [2.75, 3.05) is 0 Å². The largest absolute Gasteiger partial charge is 0.404 e. The molecule has 0 saturated carbocycles. The normalized spacial score (nSPS) is 12.2. The van der Waals surface area contributed by atoms with Crippen molar-refractivity contribution in [1.82, 2.24) is 4.57 Å². The van der Waals surface area contributed by atoms with Gasteiger partial charge in [-0.2, -0.15) is 0 Å². The zero-order valence-corrected chi connectivity index (χ0v) is 25.1. The molecule has 6 rings (SSSR count). The van der Waals surface area contributed by atoms with Crippen molar-refractivity contribution < 1.29 is 0 Å². The van der Waals surface area contributed by atoms with E-state index in [1.807, 2.05) is 25.2 Å². The monoisotopic (exact) mass is 568 g/mol. The first kappa shape index (κ1) is 28.5. The first-order chi connectivity index (χ1) is 21.6. The summed E-state index contributed by atoms with van der Waals surface area (Å²) < 4.78 is 2.38. The maximum Gasteiger partial charge on any atom is 0.0619 e. The van der Waals surface area contributed by atoms with E-state index in [4.69, 9.17) is 5.73 Å². The van der Waals surface area contributed by atoms with Gasteiger partial charge in [0.2, 0.25) is 0 Å². The number of aromatic nitrogens is 1. The number of benzene rings is 5. The Labute approximate surface area is 259 Å². The summed E-state index contributed by atoms with van der Waals surface area (Å²) in [5.74, 6) is 0. The van der Waals surface area contributed by atoms with Crippen molar-refractivity contribution in [2.45, 2.75) is 13.3 Å². The molecule has 0 saturated heterocycles. The third-order valence-electron chi connectivity index (χ3n) is 8.27. The highest BCUT2D eigenvalue weighted by molar-refractivity contribution is 6.12. The van der Waals surface area contributed by atoms with Crippen LogP contribution in [0.2, 0.25) is 0 Å². The van der Waals surface area contributed by atoms with E-state index in [1.165, 1.54) is 38.1 Å². The Kier molecular flexibility index (Phi) is 7.99. The van der Waals surface area contributed by atoms with Gasteiger partial charge in [-0.25, -0.2) is 0 Å². The second-order valence-corrected chi connectivity index (χ2v) is 10.9. The zero-order valence-electron chi connectivity index (χ0n) is 25.1. The number of nitrogens with two attached hydrogens (primary N) is 1. The van der Waals surface area contributed by atoms with Crippen LogP contribution in [0, 0.1) is 0 Å². The molecule has 0 aliphatic heterocycles. The van der Waals surface area contributed by atoms with Crippen molar-refractivity contribution in [1.29, 1.82) is 0 Å². The van der Waals surface area contributed by atoms with Crippen LogP contribution in [-0.4, -0.2) is 4.57 Å². The molecule has 0 radical (unpaired) electrons. The molecule has 0 aliphatic carbocycles. The fraction of sp³-hybridized carbons (Fsp3) is 0.0476. The minimum Gasteiger partial charge on any atom is -0.404 e. The van der Waals surface area contributed by atoms with Gasteiger partial charge in [0.25, 0.3) is 0 Å². The summed E-state index contributed by atoms with van der Waals surface area (Å²) in [4.78, 5) is 0. The van der Waals surface area contributed by atoms with Gasteiger partial charge in [0.1, 0.15) is 0 Å². The lowest BCUT2D eigenvalue weighted by atomic mass is 9.96. The lowest BCUT2D eigenvalue weighted by Gasteiger charge is -2.14. The third-order valence-corrected chi connectivity index (χ3v) is 8.27. The summed E-state index contributed by atoms with van der Waals surface area (Å²) in [5.41, 5.74) is 15.7. The van der Waals surface area contributed by atoms with Gasteiger partial charge in [-0.15, -0.1) is 0 Å². The molecule has 2 heteroatoms. The second-order valence-electron chi connectivity index (χ2n) is 10.9. The third kappa shape index (κ3) is 5.12. The predicted molar refractivity (Wildman–Crippen MR) is 194 cm³/mol. The van der Waals surface area contributed by atoms with Gasteiger partial charge in [-0.05, 0) is 82.4 Å². The summed E-state index contributed by atoms with van der Waals surface area (Å²) in [6.45, 7) is 14.4. The fourth-order valence-corrected chi connectivity index (χ4v) is 6.09. The molecule has 5 aromatic carbocycles. The molecule has 214 valence electrons. The van der Waals surface area contributed by atoms with Crippen LogP contribution in [0.1, 0.15) is 30.2 Å². The summed E-state index contributed by atoms with van der Waals surface area (Å²) >= 11 is 0. The van der Waals surface area contributed by atoms with E-state index in [0.717, 1.165) is 39.2 Å². The summed E-state index contributed by atoms with van der Waals surface area (Å²) in [6.07, 6.45) is 14.5. The van der Waals surface area contributed by atoms with Crippen LogP contribution in [0.25, 0.3) is 67.0 Å². The molecule has 1 heterocycles. The van der Waals surface area contributed by atoms with Gasteiger partial charge in [0, 0.05) is 21.7 Å². The van der Waals surface area contributed by atoms with Crippen LogP contribution in [-0.2, 0) is 0 Å². The van der Waals surface area contributed by atoms with Gasteiger partial charge in [-0.3, -0.25) is 0 Å². The maximum atomic E-state index is 5.80. The maximum absolute atomic E-state index is 5.80. The van der Waals surface area contributed by atoms with E-state index in [0.29, 0.717) is 6.42 Å². The molecule has 0 unspecified atom stereocenters. The highest BCUT2D eigenvalue weighted by atomic mass is 15.0. The SMILES string of the molecule is C=C/C(=C\N)C/C=C\c1c(C=C)n(-c2cccc3ccccc23)c2c1ccc1cc(-c3cccc(C(=C)/C=C\C)c3)ccc12. The Bertz CT molecular complexity index is 2160. The Morgan fingerprint density at radius 1 is 0.795 bits per heavy atom. The molecule has 2 N–H and O–H groups in total. The number of allylic oxidation sites excluding steroid dienone is 6. The number of rotatable bonds is 9. The minimum atomic E-state index is 0.702. The molecular weight excluding hydrogens is 532 g/mol. The van der Waals surface area contributed by atoms with E-state index in [2.05, 4.69) is 134 Å². The summed E-state index contributed by atoms with van der Waals surface area (Å²) in [7, 11) is 0. The average molecular weight is 569 g/mol. The van der Waals surface area contributed by atoms with Crippen LogP contribution in [0.4, 0.5) is 0 Å². The standard InChI is InChI=1S/C42H36N2/c1-5-13-29(4)32-17-11-18-33(26-32)34-22-24-37-35(27-34)23-25-39-38(20-10-14-30(6-2)28-43)40(7-3)44(42(37)39)41-21-12-16-31-15-8-9-19-36(31)41/h5-13,15-28H,2-4,14,43H2,1H3/b13-5-,20-10-,30-28+. The Hall–Kier alpha value is -5.60. The van der Waals surface area contributed by atoms with Crippen LogP contribution in [0.15, 0.2) is 153 Å². The summed E-state index contributed by atoms with van der Waals surface area (Å²) in [6, 6.07) is 34.9. The molecule has 44 heavy (non-hydrogen) atoms. The Morgan fingerprint density at radius 2 is 1.57 bits per heavy atom. The van der Waals surface area contributed by atoms with E-state index in [1.54, 1.807) is 12.3 Å². The zero-order chi connectivity index (χ0) is 30.6. The van der Waals surface area contributed by atoms with E-state index in [9.17, 15) is 0 Å². The van der Waals surface area contributed by atoms with Crippen molar-refractivity contribution >= 4 is 50.2 Å². The fourth-order valence-electron chi connectivity index (χ4n) is 6.09. The Morgan fingerprint density at radius 3 is 2.36 bits per heavy atom. The van der Waals surface area contributed by atoms with Gasteiger partial charge in [0.05, 0.1) is 16.9 Å². The molecule has 1 aromatic heterocycles. The van der Waals surface area contributed by atoms with Crippen molar-refractivity contribution in [3.05, 3.63) is 170 Å². The molecule has 0 atom stereocenters. The molecule has 0 aliphatic rings. The van der Waals surface area contributed by atoms with Crippen LogP contribution >= 0.6 is 0 Å². The van der Waals surface area contributed by atoms with Crippen molar-refractivity contribution in [3.63, 3.8) is 0 Å². The first-order valence-electron chi connectivity index (χ1n) is 14.9. The Balaban J connectivity index is 1.61. The highest BCUT2D eigenvalue weighted by Gasteiger charge is 2.19. The molecule has 0 spiro atoms. The summed E-state index contributed by atoms with van der Waals surface area (Å²) in [5, 5.41) is 5.93. The number of fused-ring (bicyclic) bond motifs is 4. The molecule has 0 fully saturated rings. The van der Waals surface area contributed by atoms with Crippen LogP contribution < -0.4 is 5.73 Å². The number of nitrogens with zero attached hydrogens (tertiary/aromatic N) is 1. The number of hydrogen-bond acceptors (Lipinski definition) is 1. The first-order valence-corrected chi connectivity index (χ1v) is 14.9. The highest BCUT2D eigenvalue weighted by Crippen LogP contribution is 2.39. The topological polar surface area (TPSA) is 30.9 Å². The van der Waals surface area contributed by atoms with Gasteiger partial charge < -0.3 is 10.3 Å². The lowest BCUT2D eigenvalue weighted by molar-refractivity contribution is 1.12. The average Bonchev–Trinajstić information content (AvgIpc) is 3.39. The smallest absolute Gasteiger partial charge is 0.0619 e. The van der Waals surface area contributed by atoms with Crippen molar-refractivity contribution in [2.24, 2.45) is 5.73 Å². The minimum absolute atomic E-state index is 0.702. The quantitative estimate of drug-likeness (QED) is 0.173. The predicted octanol–water partition coefficient (Wildman–Crippen LogP) is 11.3. The van der Waals surface area contributed by atoms with Gasteiger partial charge >= 0.3 is 0 Å². The molecular formula is C42H36N2. The van der Waals surface area contributed by atoms with Gasteiger partial charge in [0.15, 0.2) is 0 Å². The van der Waals surface area contributed by atoms with Gasteiger partial charge in [-0.1, -0.05) is 129 Å². The van der Waals surface area contributed by atoms with E-state index >= 15 is 0 Å². The molecule has 0 bridgehead atoms. The second kappa shape index (κ2) is 12.3. The molecule has 0 amide bonds.